The fourth-order valence-electron chi connectivity index (χ4n) is 2.79. The molecule has 0 amide bonds. The van der Waals surface area contributed by atoms with E-state index in [9.17, 15) is 18.0 Å². The van der Waals surface area contributed by atoms with Gasteiger partial charge in [-0.15, -0.1) is 0 Å². The van der Waals surface area contributed by atoms with E-state index in [0.717, 1.165) is 12.1 Å². The summed E-state index contributed by atoms with van der Waals surface area (Å²) in [5, 5.41) is 8.46. The van der Waals surface area contributed by atoms with E-state index in [1.54, 1.807) is 24.3 Å². The molecule has 0 unspecified atom stereocenters. The van der Waals surface area contributed by atoms with Gasteiger partial charge in [0.15, 0.2) is 0 Å². The molecule has 0 atom stereocenters. The van der Waals surface area contributed by atoms with E-state index in [2.05, 4.69) is 0 Å². The number of aromatic nitrogens is 1. The molecule has 0 radical (unpaired) electrons. The molecule has 1 aromatic heterocycles. The maximum absolute atomic E-state index is 13.2. The molecule has 142 valence electrons. The standard InChI is InChI=1S/C20H11Cl2F3N2O/c21-16-11-27(10-13-4-1-3-12(7-13)9-26)17(8-18(16)28)14-5-2-6-15(19(14)22)20(23,24)25/h1-8,11H,10H2. The minimum Gasteiger partial charge on any atom is -0.341 e. The smallest absolute Gasteiger partial charge is 0.341 e. The Bertz CT molecular complexity index is 1150. The molecule has 1 heterocycles. The number of hydrogen-bond donors (Lipinski definition) is 0. The molecule has 8 heteroatoms. The molecular formula is C20H11Cl2F3N2O. The lowest BCUT2D eigenvalue weighted by molar-refractivity contribution is -0.137. The van der Waals surface area contributed by atoms with Crippen molar-refractivity contribution in [1.29, 1.82) is 5.26 Å². The Balaban J connectivity index is 2.18. The zero-order chi connectivity index (χ0) is 20.5. The van der Waals surface area contributed by atoms with Crippen LogP contribution in [-0.2, 0) is 12.7 Å². The molecule has 0 fully saturated rings. The summed E-state index contributed by atoms with van der Waals surface area (Å²) >= 11 is 12.0. The topological polar surface area (TPSA) is 45.8 Å². The molecule has 0 saturated heterocycles. The van der Waals surface area contributed by atoms with Crippen LogP contribution in [0.15, 0.2) is 59.5 Å². The van der Waals surface area contributed by atoms with Crippen molar-refractivity contribution < 1.29 is 13.2 Å². The van der Waals surface area contributed by atoms with Crippen LogP contribution in [0, 0.1) is 11.3 Å². The summed E-state index contributed by atoms with van der Waals surface area (Å²) in [6.45, 7) is 0.178. The normalized spacial score (nSPS) is 11.3. The van der Waals surface area contributed by atoms with E-state index < -0.39 is 22.2 Å². The zero-order valence-electron chi connectivity index (χ0n) is 14.1. The minimum atomic E-state index is -4.63. The largest absolute Gasteiger partial charge is 0.417 e. The van der Waals surface area contributed by atoms with Gasteiger partial charge in [-0.3, -0.25) is 4.79 Å². The Kier molecular flexibility index (Phi) is 5.50. The Morgan fingerprint density at radius 1 is 1.07 bits per heavy atom. The molecule has 2 aromatic carbocycles. The Morgan fingerprint density at radius 3 is 2.46 bits per heavy atom. The fourth-order valence-corrected chi connectivity index (χ4v) is 3.30. The Labute approximate surface area is 168 Å². The zero-order valence-corrected chi connectivity index (χ0v) is 15.6. The first kappa shape index (κ1) is 20.0. The SMILES string of the molecule is N#Cc1cccc(Cn2cc(Cl)c(=O)cc2-c2cccc(C(F)(F)F)c2Cl)c1. The summed E-state index contributed by atoms with van der Waals surface area (Å²) in [5.74, 6) is 0. The predicted octanol–water partition coefficient (Wildman–Crippen LogP) is 5.76. The summed E-state index contributed by atoms with van der Waals surface area (Å²) in [5.41, 5.74) is -0.139. The van der Waals surface area contributed by atoms with E-state index in [1.165, 1.54) is 22.9 Å². The van der Waals surface area contributed by atoms with Crippen molar-refractivity contribution in [3.8, 4) is 17.3 Å². The Hall–Kier alpha value is -2.75. The molecule has 0 N–H and O–H groups in total. The van der Waals surface area contributed by atoms with E-state index in [4.69, 9.17) is 28.5 Å². The van der Waals surface area contributed by atoms with Crippen LogP contribution in [0.1, 0.15) is 16.7 Å². The molecule has 3 nitrogen and oxygen atoms in total. The van der Waals surface area contributed by atoms with Crippen molar-refractivity contribution in [3.05, 3.63) is 91.7 Å². The molecule has 3 rings (SSSR count). The molecule has 0 saturated carbocycles. The third-order valence-corrected chi connectivity index (χ3v) is 4.76. The van der Waals surface area contributed by atoms with Gasteiger partial charge in [0.25, 0.3) is 0 Å². The van der Waals surface area contributed by atoms with Crippen molar-refractivity contribution >= 4 is 23.2 Å². The highest BCUT2D eigenvalue weighted by atomic mass is 35.5. The quantitative estimate of drug-likeness (QED) is 0.538. The van der Waals surface area contributed by atoms with Gasteiger partial charge in [0.05, 0.1) is 27.9 Å². The second kappa shape index (κ2) is 7.70. The van der Waals surface area contributed by atoms with Crippen LogP contribution in [0.4, 0.5) is 13.2 Å². The Morgan fingerprint density at radius 2 is 1.79 bits per heavy atom. The van der Waals surface area contributed by atoms with Gasteiger partial charge >= 0.3 is 6.18 Å². The van der Waals surface area contributed by atoms with Gasteiger partial charge in [-0.25, -0.2) is 0 Å². The number of benzene rings is 2. The molecule has 0 aliphatic carbocycles. The van der Waals surface area contributed by atoms with Gasteiger partial charge in [-0.05, 0) is 23.8 Å². The number of alkyl halides is 3. The van der Waals surface area contributed by atoms with Gasteiger partial charge in [-0.2, -0.15) is 18.4 Å². The van der Waals surface area contributed by atoms with Crippen LogP contribution < -0.4 is 5.43 Å². The van der Waals surface area contributed by atoms with Crippen molar-refractivity contribution in [1.82, 2.24) is 4.57 Å². The van der Waals surface area contributed by atoms with Gasteiger partial charge in [-0.1, -0.05) is 47.5 Å². The third-order valence-electron chi connectivity index (χ3n) is 4.07. The second-order valence-electron chi connectivity index (χ2n) is 5.98. The number of nitrogens with zero attached hydrogens (tertiary/aromatic N) is 2. The molecule has 0 aliphatic heterocycles. The van der Waals surface area contributed by atoms with Crippen LogP contribution in [0.5, 0.6) is 0 Å². The van der Waals surface area contributed by atoms with Crippen LogP contribution in [0.2, 0.25) is 10.0 Å². The van der Waals surface area contributed by atoms with Crippen molar-refractivity contribution in [3.63, 3.8) is 0 Å². The first-order valence-electron chi connectivity index (χ1n) is 7.96. The average molecular weight is 423 g/mol. The summed E-state index contributed by atoms with van der Waals surface area (Å²) < 4.78 is 41.2. The number of pyridine rings is 1. The number of hydrogen-bond acceptors (Lipinski definition) is 2. The maximum atomic E-state index is 13.2. The van der Waals surface area contributed by atoms with Crippen LogP contribution in [0.25, 0.3) is 11.3 Å². The van der Waals surface area contributed by atoms with E-state index >= 15 is 0 Å². The first-order valence-corrected chi connectivity index (χ1v) is 8.71. The van der Waals surface area contributed by atoms with E-state index in [0.29, 0.717) is 11.1 Å². The maximum Gasteiger partial charge on any atom is 0.417 e. The highest BCUT2D eigenvalue weighted by molar-refractivity contribution is 6.34. The average Bonchev–Trinajstić information content (AvgIpc) is 2.64. The van der Waals surface area contributed by atoms with Crippen LogP contribution in [0.3, 0.4) is 0 Å². The van der Waals surface area contributed by atoms with Crippen molar-refractivity contribution in [2.75, 3.05) is 0 Å². The summed E-state index contributed by atoms with van der Waals surface area (Å²) in [6, 6.07) is 13.4. The molecular weight excluding hydrogens is 412 g/mol. The lowest BCUT2D eigenvalue weighted by Gasteiger charge is -2.17. The number of halogens is 5. The molecule has 0 bridgehead atoms. The highest BCUT2D eigenvalue weighted by Crippen LogP contribution is 2.39. The summed E-state index contributed by atoms with van der Waals surface area (Å²) in [4.78, 5) is 12.1. The third kappa shape index (κ3) is 4.06. The van der Waals surface area contributed by atoms with E-state index in [-0.39, 0.29) is 22.8 Å². The fraction of sp³-hybridized carbons (Fsp3) is 0.100. The minimum absolute atomic E-state index is 0.0571. The molecule has 0 aliphatic rings. The van der Waals surface area contributed by atoms with Gasteiger partial charge in [0, 0.05) is 24.4 Å². The lowest BCUT2D eigenvalue weighted by Crippen LogP contribution is -2.13. The monoisotopic (exact) mass is 422 g/mol. The number of nitriles is 1. The van der Waals surface area contributed by atoms with Crippen LogP contribution in [-0.4, -0.2) is 4.57 Å². The summed E-state index contributed by atoms with van der Waals surface area (Å²) in [6.07, 6.45) is -3.29. The summed E-state index contributed by atoms with van der Waals surface area (Å²) in [7, 11) is 0. The molecule has 28 heavy (non-hydrogen) atoms. The first-order chi connectivity index (χ1) is 13.2. The van der Waals surface area contributed by atoms with E-state index in [1.807, 2.05) is 6.07 Å². The van der Waals surface area contributed by atoms with Gasteiger partial charge in [0.2, 0.25) is 5.43 Å². The lowest BCUT2D eigenvalue weighted by atomic mass is 10.1. The number of rotatable bonds is 3. The van der Waals surface area contributed by atoms with Crippen molar-refractivity contribution in [2.24, 2.45) is 0 Å². The molecule has 0 spiro atoms. The second-order valence-corrected chi connectivity index (χ2v) is 6.76. The van der Waals surface area contributed by atoms with Crippen molar-refractivity contribution in [2.45, 2.75) is 12.7 Å². The predicted molar refractivity (Wildman–Crippen MR) is 101 cm³/mol. The van der Waals surface area contributed by atoms with Crippen LogP contribution >= 0.6 is 23.2 Å². The molecule has 3 aromatic rings. The van der Waals surface area contributed by atoms with Gasteiger partial charge in [0.1, 0.15) is 5.02 Å². The van der Waals surface area contributed by atoms with Gasteiger partial charge < -0.3 is 4.57 Å². The highest BCUT2D eigenvalue weighted by Gasteiger charge is 2.34.